The number of hydrogen-bond acceptors (Lipinski definition) is 1. The van der Waals surface area contributed by atoms with Gasteiger partial charge in [-0.3, -0.25) is 0 Å². The minimum atomic E-state index is -0.323. The first kappa shape index (κ1) is 16.2. The maximum Gasteiger partial charge on any atom is 0.176 e. The van der Waals surface area contributed by atoms with Crippen molar-refractivity contribution in [3.8, 4) is 21.6 Å². The second kappa shape index (κ2) is 6.57. The van der Waals surface area contributed by atoms with Crippen LogP contribution in [0.3, 0.4) is 0 Å². The van der Waals surface area contributed by atoms with Gasteiger partial charge in [0.1, 0.15) is 5.82 Å². The van der Waals surface area contributed by atoms with Crippen molar-refractivity contribution in [2.45, 2.75) is 19.8 Å². The Hall–Kier alpha value is -2.26. The largest absolute Gasteiger partial charge is 0.206 e. The third-order valence-corrected chi connectivity index (χ3v) is 5.66. The SMILES string of the molecule is CC1C=C(c2ccc(-c3ccc(-c4ccc(F)s4)c(F)c3)cc2)CC1. The summed E-state index contributed by atoms with van der Waals surface area (Å²) in [5, 5.41) is -0.301. The van der Waals surface area contributed by atoms with Gasteiger partial charge in [0.25, 0.3) is 0 Å². The van der Waals surface area contributed by atoms with Gasteiger partial charge < -0.3 is 0 Å². The van der Waals surface area contributed by atoms with Crippen LogP contribution < -0.4 is 0 Å². The highest BCUT2D eigenvalue weighted by Gasteiger charge is 2.13. The molecule has 0 saturated carbocycles. The summed E-state index contributed by atoms with van der Waals surface area (Å²) in [4.78, 5) is 0.610. The van der Waals surface area contributed by atoms with E-state index in [1.807, 2.05) is 18.2 Å². The molecule has 0 amide bonds. The molecule has 0 N–H and O–H groups in total. The van der Waals surface area contributed by atoms with Crippen molar-refractivity contribution in [2.75, 3.05) is 0 Å². The Balaban J connectivity index is 1.62. The van der Waals surface area contributed by atoms with Gasteiger partial charge in [-0.05, 0) is 65.3 Å². The van der Waals surface area contributed by atoms with Crippen molar-refractivity contribution in [1.82, 2.24) is 0 Å². The monoisotopic (exact) mass is 352 g/mol. The minimum absolute atomic E-state index is 0.301. The smallest absolute Gasteiger partial charge is 0.176 e. The molecule has 126 valence electrons. The predicted octanol–water partition coefficient (Wildman–Crippen LogP) is 7.17. The molecular formula is C22H18F2S. The molecule has 0 saturated heterocycles. The second-order valence-electron chi connectivity index (χ2n) is 6.58. The molecule has 0 spiro atoms. The molecule has 1 heterocycles. The van der Waals surface area contributed by atoms with E-state index in [1.54, 1.807) is 12.1 Å². The van der Waals surface area contributed by atoms with Crippen LogP contribution in [0.15, 0.2) is 60.7 Å². The quantitative estimate of drug-likeness (QED) is 0.468. The van der Waals surface area contributed by atoms with E-state index < -0.39 is 0 Å². The van der Waals surface area contributed by atoms with Crippen LogP contribution in [0.5, 0.6) is 0 Å². The van der Waals surface area contributed by atoms with E-state index in [-0.39, 0.29) is 10.9 Å². The van der Waals surface area contributed by atoms with E-state index in [2.05, 4.69) is 25.1 Å². The summed E-state index contributed by atoms with van der Waals surface area (Å²) in [6, 6.07) is 16.4. The van der Waals surface area contributed by atoms with Crippen LogP contribution in [0.4, 0.5) is 8.78 Å². The molecule has 1 aliphatic carbocycles. The van der Waals surface area contributed by atoms with Gasteiger partial charge in [0.05, 0.1) is 0 Å². The molecule has 0 radical (unpaired) electrons. The molecule has 3 aromatic rings. The maximum atomic E-state index is 14.5. The van der Waals surface area contributed by atoms with Gasteiger partial charge in [-0.2, -0.15) is 4.39 Å². The first-order valence-electron chi connectivity index (χ1n) is 8.47. The molecule has 1 aliphatic rings. The first-order chi connectivity index (χ1) is 12.1. The summed E-state index contributed by atoms with van der Waals surface area (Å²) >= 11 is 0.960. The molecule has 0 fully saturated rings. The molecule has 0 bridgehead atoms. The van der Waals surface area contributed by atoms with Crippen LogP contribution in [-0.4, -0.2) is 0 Å². The van der Waals surface area contributed by atoms with Gasteiger partial charge >= 0.3 is 0 Å². The molecule has 25 heavy (non-hydrogen) atoms. The lowest BCUT2D eigenvalue weighted by Gasteiger charge is -2.07. The normalized spacial score (nSPS) is 16.9. The van der Waals surface area contributed by atoms with Gasteiger partial charge in [0.15, 0.2) is 5.13 Å². The summed E-state index contributed by atoms with van der Waals surface area (Å²) in [6.45, 7) is 2.24. The van der Waals surface area contributed by atoms with Crippen LogP contribution >= 0.6 is 11.3 Å². The van der Waals surface area contributed by atoms with Crippen molar-refractivity contribution in [3.05, 3.63) is 77.2 Å². The highest BCUT2D eigenvalue weighted by Crippen LogP contribution is 2.34. The molecule has 1 aromatic heterocycles. The molecule has 0 aliphatic heterocycles. The number of thiophene rings is 1. The van der Waals surface area contributed by atoms with Crippen LogP contribution in [0.1, 0.15) is 25.3 Å². The number of hydrogen-bond donors (Lipinski definition) is 0. The van der Waals surface area contributed by atoms with Gasteiger partial charge in [-0.1, -0.05) is 43.3 Å². The van der Waals surface area contributed by atoms with E-state index in [9.17, 15) is 8.78 Å². The van der Waals surface area contributed by atoms with E-state index in [1.165, 1.54) is 29.7 Å². The molecule has 0 nitrogen and oxygen atoms in total. The highest BCUT2D eigenvalue weighted by atomic mass is 32.1. The molecule has 1 unspecified atom stereocenters. The van der Waals surface area contributed by atoms with Crippen LogP contribution in [-0.2, 0) is 0 Å². The number of halogens is 2. The Kier molecular flexibility index (Phi) is 4.26. The molecule has 1 atom stereocenters. The number of rotatable bonds is 3. The van der Waals surface area contributed by atoms with Gasteiger partial charge in [-0.25, -0.2) is 4.39 Å². The fourth-order valence-corrected chi connectivity index (χ4v) is 4.12. The van der Waals surface area contributed by atoms with Crippen LogP contribution in [0.25, 0.3) is 27.1 Å². The topological polar surface area (TPSA) is 0 Å². The lowest BCUT2D eigenvalue weighted by molar-refractivity contribution is 0.632. The zero-order chi connectivity index (χ0) is 17.4. The standard InChI is InChI=1S/C22H18F2S/c1-14-2-3-17(12-14)15-4-6-16(7-5-15)18-8-9-19(20(23)13-18)21-10-11-22(24)25-21/h4-14H,2-3H2,1H3. The van der Waals surface area contributed by atoms with Crippen molar-refractivity contribution >= 4 is 16.9 Å². The Morgan fingerprint density at radius 3 is 2.20 bits per heavy atom. The van der Waals surface area contributed by atoms with E-state index in [0.717, 1.165) is 28.9 Å². The van der Waals surface area contributed by atoms with Gasteiger partial charge in [0, 0.05) is 10.4 Å². The number of allylic oxidation sites excluding steroid dienone is 2. The predicted molar refractivity (Wildman–Crippen MR) is 101 cm³/mol. The Morgan fingerprint density at radius 2 is 1.60 bits per heavy atom. The lowest BCUT2D eigenvalue weighted by Crippen LogP contribution is -1.86. The van der Waals surface area contributed by atoms with Crippen molar-refractivity contribution < 1.29 is 8.78 Å². The molecule has 4 rings (SSSR count). The molecule has 2 aromatic carbocycles. The Labute approximate surface area is 150 Å². The second-order valence-corrected chi connectivity index (χ2v) is 7.62. The van der Waals surface area contributed by atoms with Crippen molar-refractivity contribution in [2.24, 2.45) is 5.92 Å². The first-order valence-corrected chi connectivity index (χ1v) is 9.28. The van der Waals surface area contributed by atoms with Crippen LogP contribution in [0.2, 0.25) is 0 Å². The Morgan fingerprint density at radius 1 is 0.880 bits per heavy atom. The zero-order valence-electron chi connectivity index (χ0n) is 13.9. The molecule has 3 heteroatoms. The highest BCUT2D eigenvalue weighted by molar-refractivity contribution is 7.13. The van der Waals surface area contributed by atoms with Gasteiger partial charge in [-0.15, -0.1) is 11.3 Å². The number of benzene rings is 2. The van der Waals surface area contributed by atoms with Crippen molar-refractivity contribution in [3.63, 3.8) is 0 Å². The summed E-state index contributed by atoms with van der Waals surface area (Å²) in [5.74, 6) is 0.328. The van der Waals surface area contributed by atoms with E-state index >= 15 is 0 Å². The summed E-state index contributed by atoms with van der Waals surface area (Å²) < 4.78 is 27.6. The van der Waals surface area contributed by atoms with Gasteiger partial charge in [0.2, 0.25) is 0 Å². The summed E-state index contributed by atoms with van der Waals surface area (Å²) in [7, 11) is 0. The van der Waals surface area contributed by atoms with Crippen LogP contribution in [0, 0.1) is 16.9 Å². The summed E-state index contributed by atoms with van der Waals surface area (Å²) in [5.41, 5.74) is 4.91. The summed E-state index contributed by atoms with van der Waals surface area (Å²) in [6.07, 6.45) is 4.68. The average Bonchev–Trinajstić information content (AvgIpc) is 3.23. The van der Waals surface area contributed by atoms with E-state index in [0.29, 0.717) is 16.4 Å². The Bertz CT molecular complexity index is 935. The van der Waals surface area contributed by atoms with E-state index in [4.69, 9.17) is 0 Å². The molecular weight excluding hydrogens is 334 g/mol. The fraction of sp³-hybridized carbons (Fsp3) is 0.182. The lowest BCUT2D eigenvalue weighted by atomic mass is 9.99. The average molecular weight is 352 g/mol. The third-order valence-electron chi connectivity index (χ3n) is 4.75. The minimum Gasteiger partial charge on any atom is -0.206 e. The maximum absolute atomic E-state index is 14.5. The zero-order valence-corrected chi connectivity index (χ0v) is 14.7. The van der Waals surface area contributed by atoms with Crippen molar-refractivity contribution in [1.29, 1.82) is 0 Å². The third kappa shape index (κ3) is 3.29. The fourth-order valence-electron chi connectivity index (χ4n) is 3.36.